The van der Waals surface area contributed by atoms with Crippen LogP contribution in [0.2, 0.25) is 0 Å². The van der Waals surface area contributed by atoms with Gasteiger partial charge in [0.15, 0.2) is 11.5 Å². The van der Waals surface area contributed by atoms with Crippen LogP contribution in [0.1, 0.15) is 89.5 Å². The molecule has 0 spiro atoms. The molecule has 0 radical (unpaired) electrons. The number of unbranched alkanes of at least 4 members (excludes halogenated alkanes) is 10. The van der Waals surface area contributed by atoms with Crippen molar-refractivity contribution < 1.29 is 19.0 Å². The van der Waals surface area contributed by atoms with E-state index in [0.29, 0.717) is 23.7 Å². The highest BCUT2D eigenvalue weighted by atomic mass is 16.5. The highest BCUT2D eigenvalue weighted by molar-refractivity contribution is 5.84. The molecule has 0 saturated heterocycles. The zero-order chi connectivity index (χ0) is 22.0. The molecule has 0 aliphatic carbocycles. The SMILES string of the molecule is CCCCCCCCCCCCCC(=O)N/N=C\c1cc(OC)c(OC)c(OC)c1. The van der Waals surface area contributed by atoms with E-state index in [1.807, 2.05) is 0 Å². The normalized spacial score (nSPS) is 10.9. The molecule has 6 heteroatoms. The van der Waals surface area contributed by atoms with Crippen LogP contribution in [0.5, 0.6) is 17.2 Å². The van der Waals surface area contributed by atoms with Gasteiger partial charge in [-0.1, -0.05) is 71.1 Å². The van der Waals surface area contributed by atoms with Crippen LogP contribution in [0.15, 0.2) is 17.2 Å². The molecule has 0 unspecified atom stereocenters. The van der Waals surface area contributed by atoms with Gasteiger partial charge in [-0.3, -0.25) is 4.79 Å². The Morgan fingerprint density at radius 1 is 0.833 bits per heavy atom. The van der Waals surface area contributed by atoms with E-state index in [1.165, 1.54) is 57.8 Å². The third-order valence-corrected chi connectivity index (χ3v) is 5.10. The van der Waals surface area contributed by atoms with Gasteiger partial charge in [-0.2, -0.15) is 5.10 Å². The summed E-state index contributed by atoms with van der Waals surface area (Å²) in [5.74, 6) is 1.56. The van der Waals surface area contributed by atoms with Crippen LogP contribution in [0, 0.1) is 0 Å². The second kappa shape index (κ2) is 16.5. The Morgan fingerprint density at radius 2 is 1.33 bits per heavy atom. The van der Waals surface area contributed by atoms with Gasteiger partial charge in [0.2, 0.25) is 11.7 Å². The smallest absolute Gasteiger partial charge is 0.240 e. The van der Waals surface area contributed by atoms with Gasteiger partial charge in [-0.05, 0) is 18.6 Å². The summed E-state index contributed by atoms with van der Waals surface area (Å²) in [6.45, 7) is 2.25. The number of methoxy groups -OCH3 is 3. The minimum atomic E-state index is -0.0605. The van der Waals surface area contributed by atoms with Crippen LogP contribution >= 0.6 is 0 Å². The fourth-order valence-corrected chi connectivity index (χ4v) is 3.36. The van der Waals surface area contributed by atoms with Crippen LogP contribution < -0.4 is 19.6 Å². The van der Waals surface area contributed by atoms with E-state index in [2.05, 4.69) is 17.5 Å². The third kappa shape index (κ3) is 10.5. The quantitative estimate of drug-likeness (QED) is 0.195. The summed E-state index contributed by atoms with van der Waals surface area (Å²) < 4.78 is 15.9. The van der Waals surface area contributed by atoms with Crippen molar-refractivity contribution in [1.82, 2.24) is 5.43 Å². The molecule has 0 fully saturated rings. The lowest BCUT2D eigenvalue weighted by Crippen LogP contribution is -2.16. The Morgan fingerprint density at radius 3 is 1.80 bits per heavy atom. The number of hydrogen-bond acceptors (Lipinski definition) is 5. The first kappa shape index (κ1) is 25.8. The Kier molecular flexibility index (Phi) is 14.2. The molecule has 1 aromatic rings. The molecule has 1 rings (SSSR count). The third-order valence-electron chi connectivity index (χ3n) is 5.10. The van der Waals surface area contributed by atoms with Crippen LogP contribution in [0.3, 0.4) is 0 Å². The lowest BCUT2D eigenvalue weighted by Gasteiger charge is -2.12. The first-order valence-electron chi connectivity index (χ1n) is 11.3. The summed E-state index contributed by atoms with van der Waals surface area (Å²) in [5, 5.41) is 4.04. The van der Waals surface area contributed by atoms with E-state index in [1.54, 1.807) is 39.7 Å². The summed E-state index contributed by atoms with van der Waals surface area (Å²) in [7, 11) is 4.68. The summed E-state index contributed by atoms with van der Waals surface area (Å²) >= 11 is 0. The predicted octanol–water partition coefficient (Wildman–Crippen LogP) is 5.86. The number of nitrogens with zero attached hydrogens (tertiary/aromatic N) is 1. The van der Waals surface area contributed by atoms with Gasteiger partial charge in [0.05, 0.1) is 27.5 Å². The fraction of sp³-hybridized carbons (Fsp3) is 0.667. The number of rotatable bonds is 17. The molecule has 30 heavy (non-hydrogen) atoms. The lowest BCUT2D eigenvalue weighted by molar-refractivity contribution is -0.121. The van der Waals surface area contributed by atoms with E-state index < -0.39 is 0 Å². The summed E-state index contributed by atoms with van der Waals surface area (Å²) in [6, 6.07) is 3.56. The Balaban J connectivity index is 2.20. The molecular formula is C24H40N2O4. The van der Waals surface area contributed by atoms with Crippen LogP contribution in [0.25, 0.3) is 0 Å². The van der Waals surface area contributed by atoms with Crippen molar-refractivity contribution in [1.29, 1.82) is 0 Å². The van der Waals surface area contributed by atoms with E-state index in [-0.39, 0.29) is 5.91 Å². The number of carbonyl (C=O) groups is 1. The molecule has 0 heterocycles. The van der Waals surface area contributed by atoms with E-state index >= 15 is 0 Å². The molecule has 0 aromatic heterocycles. The van der Waals surface area contributed by atoms with Gasteiger partial charge in [-0.15, -0.1) is 0 Å². The van der Waals surface area contributed by atoms with Crippen molar-refractivity contribution in [2.24, 2.45) is 5.10 Å². The van der Waals surface area contributed by atoms with Crippen molar-refractivity contribution >= 4 is 12.1 Å². The maximum Gasteiger partial charge on any atom is 0.240 e. The molecule has 1 N–H and O–H groups in total. The average Bonchev–Trinajstić information content (AvgIpc) is 2.76. The van der Waals surface area contributed by atoms with Crippen molar-refractivity contribution in [2.75, 3.05) is 21.3 Å². The average molecular weight is 421 g/mol. The van der Waals surface area contributed by atoms with Gasteiger partial charge in [-0.25, -0.2) is 5.43 Å². The van der Waals surface area contributed by atoms with Gasteiger partial charge < -0.3 is 14.2 Å². The van der Waals surface area contributed by atoms with Crippen molar-refractivity contribution in [3.63, 3.8) is 0 Å². The summed E-state index contributed by atoms with van der Waals surface area (Å²) in [6.07, 6.45) is 16.0. The van der Waals surface area contributed by atoms with Gasteiger partial charge >= 0.3 is 0 Å². The molecule has 0 aliphatic rings. The Bertz CT molecular complexity index is 607. The summed E-state index contributed by atoms with van der Waals surface area (Å²) in [5.41, 5.74) is 3.34. The maximum atomic E-state index is 11.9. The predicted molar refractivity (Wildman–Crippen MR) is 123 cm³/mol. The van der Waals surface area contributed by atoms with E-state index in [0.717, 1.165) is 18.4 Å². The molecule has 0 saturated carbocycles. The Labute approximate surface area is 182 Å². The zero-order valence-corrected chi connectivity index (χ0v) is 19.3. The number of nitrogens with one attached hydrogen (secondary N) is 1. The van der Waals surface area contributed by atoms with Crippen LogP contribution in [-0.2, 0) is 4.79 Å². The lowest BCUT2D eigenvalue weighted by atomic mass is 10.1. The minimum Gasteiger partial charge on any atom is -0.493 e. The van der Waals surface area contributed by atoms with Crippen molar-refractivity contribution in [3.05, 3.63) is 17.7 Å². The minimum absolute atomic E-state index is 0.0605. The summed E-state index contributed by atoms with van der Waals surface area (Å²) in [4.78, 5) is 11.9. The zero-order valence-electron chi connectivity index (χ0n) is 19.3. The Hall–Kier alpha value is -2.24. The molecule has 6 nitrogen and oxygen atoms in total. The van der Waals surface area contributed by atoms with Crippen molar-refractivity contribution in [2.45, 2.75) is 84.0 Å². The number of carbonyl (C=O) groups excluding carboxylic acids is 1. The van der Waals surface area contributed by atoms with E-state index in [4.69, 9.17) is 14.2 Å². The topological polar surface area (TPSA) is 69.2 Å². The van der Waals surface area contributed by atoms with Gasteiger partial charge in [0.25, 0.3) is 0 Å². The van der Waals surface area contributed by atoms with Crippen LogP contribution in [0.4, 0.5) is 0 Å². The second-order valence-corrected chi connectivity index (χ2v) is 7.54. The standard InChI is InChI=1S/C24H40N2O4/c1-5-6-7-8-9-10-11-12-13-14-15-16-23(27)26-25-19-20-17-21(28-2)24(30-4)22(18-20)29-3/h17-19H,5-16H2,1-4H3,(H,26,27)/b25-19-. The van der Waals surface area contributed by atoms with Crippen molar-refractivity contribution in [3.8, 4) is 17.2 Å². The maximum absolute atomic E-state index is 11.9. The number of benzene rings is 1. The number of hydrazone groups is 1. The molecule has 1 aromatic carbocycles. The number of ether oxygens (including phenoxy) is 3. The highest BCUT2D eigenvalue weighted by Gasteiger charge is 2.12. The molecular weight excluding hydrogens is 380 g/mol. The largest absolute Gasteiger partial charge is 0.493 e. The van der Waals surface area contributed by atoms with Gasteiger partial charge in [0, 0.05) is 12.0 Å². The first-order valence-corrected chi connectivity index (χ1v) is 11.3. The second-order valence-electron chi connectivity index (χ2n) is 7.54. The van der Waals surface area contributed by atoms with Crippen LogP contribution in [-0.4, -0.2) is 33.5 Å². The molecule has 170 valence electrons. The molecule has 0 atom stereocenters. The first-order chi connectivity index (χ1) is 14.7. The molecule has 1 amide bonds. The number of hydrogen-bond donors (Lipinski definition) is 1. The van der Waals surface area contributed by atoms with Gasteiger partial charge in [0.1, 0.15) is 0 Å². The molecule has 0 aliphatic heterocycles. The van der Waals surface area contributed by atoms with E-state index in [9.17, 15) is 4.79 Å². The highest BCUT2D eigenvalue weighted by Crippen LogP contribution is 2.37. The number of amides is 1. The molecule has 0 bridgehead atoms. The fourth-order valence-electron chi connectivity index (χ4n) is 3.36. The monoisotopic (exact) mass is 420 g/mol.